The molecule has 0 aromatic carbocycles. The molecule has 6 heteroatoms. The lowest BCUT2D eigenvalue weighted by molar-refractivity contribution is 0.689. The predicted octanol–water partition coefficient (Wildman–Crippen LogP) is 2.34. The summed E-state index contributed by atoms with van der Waals surface area (Å²) >= 11 is 1.74. The van der Waals surface area contributed by atoms with Crippen molar-refractivity contribution in [1.29, 1.82) is 0 Å². The molecule has 0 bridgehead atoms. The van der Waals surface area contributed by atoms with Crippen LogP contribution in [0.5, 0.6) is 0 Å². The molecule has 21 heavy (non-hydrogen) atoms. The van der Waals surface area contributed by atoms with Crippen LogP contribution in [0.25, 0.3) is 0 Å². The van der Waals surface area contributed by atoms with Crippen molar-refractivity contribution in [3.05, 3.63) is 40.3 Å². The van der Waals surface area contributed by atoms with Crippen LogP contribution in [-0.2, 0) is 13.6 Å². The van der Waals surface area contributed by atoms with Crippen molar-refractivity contribution in [1.82, 2.24) is 20.4 Å². The van der Waals surface area contributed by atoms with Crippen LogP contribution < -0.4 is 10.6 Å². The Morgan fingerprint density at radius 2 is 2.29 bits per heavy atom. The number of aliphatic imine (C=N–C) groups is 1. The normalized spacial score (nSPS) is 13.2. The molecule has 0 amide bonds. The Kier molecular flexibility index (Phi) is 5.80. The van der Waals surface area contributed by atoms with Crippen LogP contribution in [0, 0.1) is 0 Å². The molecule has 2 N–H and O–H groups in total. The Balaban J connectivity index is 1.90. The lowest BCUT2D eigenvalue weighted by Crippen LogP contribution is -2.39. The first-order chi connectivity index (χ1) is 10.2. The molecule has 2 aromatic heterocycles. The second-order valence-corrected chi connectivity index (χ2v) is 5.76. The maximum atomic E-state index is 4.61. The predicted molar refractivity (Wildman–Crippen MR) is 88.8 cm³/mol. The average molecular weight is 305 g/mol. The Bertz CT molecular complexity index is 558. The van der Waals surface area contributed by atoms with E-state index in [9.17, 15) is 0 Å². The van der Waals surface area contributed by atoms with Crippen LogP contribution in [0.1, 0.15) is 31.0 Å². The summed E-state index contributed by atoms with van der Waals surface area (Å²) in [5.41, 5.74) is 2.47. The minimum absolute atomic E-state index is 0.469. The topological polar surface area (TPSA) is 54.2 Å². The number of nitrogens with zero attached hydrogens (tertiary/aromatic N) is 3. The van der Waals surface area contributed by atoms with Crippen LogP contribution in [-0.4, -0.2) is 28.8 Å². The number of hydrogen-bond acceptors (Lipinski definition) is 3. The van der Waals surface area contributed by atoms with Crippen LogP contribution in [0.3, 0.4) is 0 Å². The van der Waals surface area contributed by atoms with Gasteiger partial charge in [-0.15, -0.1) is 0 Å². The highest BCUT2D eigenvalue weighted by atomic mass is 32.1. The van der Waals surface area contributed by atoms with E-state index in [-0.39, 0.29) is 0 Å². The maximum Gasteiger partial charge on any atom is 0.191 e. The van der Waals surface area contributed by atoms with Crippen LogP contribution in [0.15, 0.2) is 34.1 Å². The molecule has 2 heterocycles. The van der Waals surface area contributed by atoms with Gasteiger partial charge in [-0.3, -0.25) is 4.68 Å². The SMILES string of the molecule is CCNC(=NCc1ccnn1C)NCC(C)c1ccsc1. The van der Waals surface area contributed by atoms with E-state index in [4.69, 9.17) is 0 Å². The molecule has 0 spiro atoms. The average Bonchev–Trinajstić information content (AvgIpc) is 3.13. The van der Waals surface area contributed by atoms with Crippen molar-refractivity contribution < 1.29 is 0 Å². The van der Waals surface area contributed by atoms with Crippen molar-refractivity contribution in [3.8, 4) is 0 Å². The number of rotatable bonds is 6. The van der Waals surface area contributed by atoms with Gasteiger partial charge in [0.2, 0.25) is 0 Å². The number of nitrogens with one attached hydrogen (secondary N) is 2. The van der Waals surface area contributed by atoms with E-state index in [0.717, 1.165) is 24.7 Å². The number of guanidine groups is 1. The molecule has 0 aliphatic heterocycles. The summed E-state index contributed by atoms with van der Waals surface area (Å²) in [4.78, 5) is 4.61. The summed E-state index contributed by atoms with van der Waals surface area (Å²) in [6.07, 6.45) is 1.80. The Morgan fingerprint density at radius 3 is 2.90 bits per heavy atom. The zero-order valence-electron chi connectivity index (χ0n) is 12.8. The van der Waals surface area contributed by atoms with E-state index < -0.39 is 0 Å². The van der Waals surface area contributed by atoms with Gasteiger partial charge < -0.3 is 10.6 Å². The van der Waals surface area contributed by atoms with Gasteiger partial charge in [0.05, 0.1) is 12.2 Å². The summed E-state index contributed by atoms with van der Waals surface area (Å²) in [6.45, 7) is 6.64. The second-order valence-electron chi connectivity index (χ2n) is 4.98. The Hall–Kier alpha value is -1.82. The molecule has 0 aliphatic rings. The molecule has 0 saturated heterocycles. The molecule has 2 aromatic rings. The highest BCUT2D eigenvalue weighted by molar-refractivity contribution is 7.07. The highest BCUT2D eigenvalue weighted by Crippen LogP contribution is 2.16. The minimum Gasteiger partial charge on any atom is -0.357 e. The standard InChI is InChI=1S/C15H23N5S/c1-4-16-15(18-10-14-5-7-19-20(14)3)17-9-12(2)13-6-8-21-11-13/h5-8,11-12H,4,9-10H2,1-3H3,(H2,16,17,18). The number of hydrogen-bond donors (Lipinski definition) is 2. The molecule has 1 atom stereocenters. The lowest BCUT2D eigenvalue weighted by atomic mass is 10.1. The zero-order valence-corrected chi connectivity index (χ0v) is 13.7. The summed E-state index contributed by atoms with van der Waals surface area (Å²) in [6, 6.07) is 4.16. The van der Waals surface area contributed by atoms with Crippen molar-refractivity contribution in [2.45, 2.75) is 26.3 Å². The van der Waals surface area contributed by atoms with E-state index in [1.165, 1.54) is 5.56 Å². The van der Waals surface area contributed by atoms with Gasteiger partial charge >= 0.3 is 0 Å². The molecule has 0 aliphatic carbocycles. The van der Waals surface area contributed by atoms with Gasteiger partial charge in [0.25, 0.3) is 0 Å². The van der Waals surface area contributed by atoms with Crippen LogP contribution >= 0.6 is 11.3 Å². The van der Waals surface area contributed by atoms with E-state index in [0.29, 0.717) is 12.5 Å². The third kappa shape index (κ3) is 4.60. The summed E-state index contributed by atoms with van der Waals surface area (Å²) in [5, 5.41) is 15.2. The van der Waals surface area contributed by atoms with Gasteiger partial charge in [0.1, 0.15) is 0 Å². The monoisotopic (exact) mass is 305 g/mol. The van der Waals surface area contributed by atoms with E-state index in [1.807, 2.05) is 17.8 Å². The number of aromatic nitrogens is 2. The number of thiophene rings is 1. The quantitative estimate of drug-likeness (QED) is 0.636. The fourth-order valence-corrected chi connectivity index (χ4v) is 2.76. The summed E-state index contributed by atoms with van der Waals surface area (Å²) in [7, 11) is 1.93. The van der Waals surface area contributed by atoms with Crippen molar-refractivity contribution >= 4 is 17.3 Å². The third-order valence-electron chi connectivity index (χ3n) is 3.35. The molecule has 2 rings (SSSR count). The lowest BCUT2D eigenvalue weighted by Gasteiger charge is -2.15. The first-order valence-corrected chi connectivity index (χ1v) is 8.16. The van der Waals surface area contributed by atoms with Crippen LogP contribution in [0.4, 0.5) is 0 Å². The fraction of sp³-hybridized carbons (Fsp3) is 0.467. The minimum atomic E-state index is 0.469. The molecule has 0 saturated carbocycles. The molecule has 114 valence electrons. The van der Waals surface area contributed by atoms with E-state index >= 15 is 0 Å². The molecule has 0 radical (unpaired) electrons. The van der Waals surface area contributed by atoms with Gasteiger partial charge in [0, 0.05) is 26.3 Å². The third-order valence-corrected chi connectivity index (χ3v) is 4.06. The van der Waals surface area contributed by atoms with Crippen molar-refractivity contribution in [2.24, 2.45) is 12.0 Å². The summed E-state index contributed by atoms with van der Waals surface area (Å²) in [5.74, 6) is 1.32. The Morgan fingerprint density at radius 1 is 1.43 bits per heavy atom. The first kappa shape index (κ1) is 15.6. The Labute approximate surface area is 130 Å². The van der Waals surface area contributed by atoms with Gasteiger partial charge in [-0.25, -0.2) is 4.99 Å². The maximum absolute atomic E-state index is 4.61. The highest BCUT2D eigenvalue weighted by Gasteiger charge is 2.07. The van der Waals surface area contributed by atoms with Gasteiger partial charge in [-0.2, -0.15) is 16.4 Å². The fourth-order valence-electron chi connectivity index (χ4n) is 1.98. The smallest absolute Gasteiger partial charge is 0.191 e. The molecular formula is C15H23N5S. The van der Waals surface area contributed by atoms with Crippen molar-refractivity contribution in [2.75, 3.05) is 13.1 Å². The number of aryl methyl sites for hydroxylation is 1. The van der Waals surface area contributed by atoms with Crippen molar-refractivity contribution in [3.63, 3.8) is 0 Å². The van der Waals surface area contributed by atoms with Gasteiger partial charge in [0.15, 0.2) is 5.96 Å². The largest absolute Gasteiger partial charge is 0.357 e. The molecule has 1 unspecified atom stereocenters. The molecule has 0 fully saturated rings. The van der Waals surface area contributed by atoms with E-state index in [2.05, 4.69) is 51.4 Å². The van der Waals surface area contributed by atoms with Crippen LogP contribution in [0.2, 0.25) is 0 Å². The molecule has 5 nitrogen and oxygen atoms in total. The zero-order chi connectivity index (χ0) is 15.1. The molecular weight excluding hydrogens is 282 g/mol. The first-order valence-electron chi connectivity index (χ1n) is 7.21. The van der Waals surface area contributed by atoms with Gasteiger partial charge in [-0.05, 0) is 41.3 Å². The van der Waals surface area contributed by atoms with Gasteiger partial charge in [-0.1, -0.05) is 6.92 Å². The summed E-state index contributed by atoms with van der Waals surface area (Å²) < 4.78 is 1.85. The second kappa shape index (κ2) is 7.83. The van der Waals surface area contributed by atoms with E-state index in [1.54, 1.807) is 17.5 Å².